The Kier molecular flexibility index (Phi) is 5.29. The zero-order valence-electron chi connectivity index (χ0n) is 10.5. The van der Waals surface area contributed by atoms with E-state index in [0.29, 0.717) is 12.8 Å². The van der Waals surface area contributed by atoms with Crippen molar-refractivity contribution < 1.29 is 24.2 Å². The van der Waals surface area contributed by atoms with Gasteiger partial charge in [-0.1, -0.05) is 19.4 Å². The van der Waals surface area contributed by atoms with Gasteiger partial charge < -0.3 is 15.5 Å². The molecule has 19 heavy (non-hydrogen) atoms. The number of hydrogen-bond acceptors (Lipinski definition) is 3. The fourth-order valence-electron chi connectivity index (χ4n) is 1.70. The first kappa shape index (κ1) is 14.9. The number of amides is 1. The highest BCUT2D eigenvalue weighted by molar-refractivity contribution is 5.97. The fourth-order valence-corrected chi connectivity index (χ4v) is 1.70. The summed E-state index contributed by atoms with van der Waals surface area (Å²) in [5, 5.41) is 20.7. The minimum atomic E-state index is -1.01. The highest BCUT2D eigenvalue weighted by atomic mass is 19.1. The minimum absolute atomic E-state index is 0.101. The van der Waals surface area contributed by atoms with Gasteiger partial charge in [0.25, 0.3) is 5.91 Å². The molecule has 0 aliphatic heterocycles. The number of halogens is 1. The molecule has 0 fully saturated rings. The number of carbonyl (C=O) groups excluding carboxylic acids is 1. The summed E-state index contributed by atoms with van der Waals surface area (Å²) >= 11 is 0. The molecule has 0 aromatic heterocycles. The van der Waals surface area contributed by atoms with Crippen LogP contribution in [0.5, 0.6) is 5.75 Å². The van der Waals surface area contributed by atoms with Crippen molar-refractivity contribution in [2.75, 3.05) is 6.54 Å². The number of carboxylic acid groups (broad SMARTS) is 1. The Bertz CT molecular complexity index is 455. The number of aliphatic carboxylic acids is 1. The molecule has 1 atom stereocenters. The van der Waals surface area contributed by atoms with Gasteiger partial charge in [-0.25, -0.2) is 4.39 Å². The second-order valence-corrected chi connectivity index (χ2v) is 4.17. The summed E-state index contributed by atoms with van der Waals surface area (Å²) in [5.74, 6) is -3.87. The lowest BCUT2D eigenvalue weighted by molar-refractivity contribution is -0.141. The van der Waals surface area contributed by atoms with Gasteiger partial charge in [0.1, 0.15) is 17.1 Å². The molecule has 0 bridgehead atoms. The number of rotatable bonds is 6. The predicted molar refractivity (Wildman–Crippen MR) is 66.4 cm³/mol. The molecule has 104 valence electrons. The first-order chi connectivity index (χ1) is 8.97. The van der Waals surface area contributed by atoms with Crippen molar-refractivity contribution in [3.63, 3.8) is 0 Å². The Morgan fingerprint density at radius 2 is 2.11 bits per heavy atom. The standard InChI is InChI=1S/C13H16FNO4/c1-2-4-8(13(18)19)7-15-12(17)11-9(14)5-3-6-10(11)16/h3,5-6,8,16H,2,4,7H2,1H3,(H,15,17)(H,18,19). The molecule has 6 heteroatoms. The van der Waals surface area contributed by atoms with Crippen molar-refractivity contribution in [1.29, 1.82) is 0 Å². The first-order valence-electron chi connectivity index (χ1n) is 5.95. The van der Waals surface area contributed by atoms with Crippen molar-refractivity contribution in [3.8, 4) is 5.75 Å². The lowest BCUT2D eigenvalue weighted by atomic mass is 10.0. The summed E-state index contributed by atoms with van der Waals surface area (Å²) in [6.45, 7) is 1.73. The Morgan fingerprint density at radius 1 is 1.42 bits per heavy atom. The molecule has 0 saturated heterocycles. The van der Waals surface area contributed by atoms with Gasteiger partial charge >= 0.3 is 5.97 Å². The largest absolute Gasteiger partial charge is 0.507 e. The van der Waals surface area contributed by atoms with Crippen LogP contribution in [0.3, 0.4) is 0 Å². The Balaban J connectivity index is 2.72. The van der Waals surface area contributed by atoms with Crippen LogP contribution in [0, 0.1) is 11.7 Å². The number of aromatic hydroxyl groups is 1. The third-order valence-electron chi connectivity index (χ3n) is 2.71. The molecular weight excluding hydrogens is 253 g/mol. The van der Waals surface area contributed by atoms with E-state index in [1.807, 2.05) is 6.92 Å². The zero-order valence-corrected chi connectivity index (χ0v) is 10.5. The molecule has 1 rings (SSSR count). The van der Waals surface area contributed by atoms with Crippen molar-refractivity contribution >= 4 is 11.9 Å². The van der Waals surface area contributed by atoms with Gasteiger partial charge in [0.15, 0.2) is 0 Å². The third-order valence-corrected chi connectivity index (χ3v) is 2.71. The van der Waals surface area contributed by atoms with E-state index in [-0.39, 0.29) is 6.54 Å². The monoisotopic (exact) mass is 269 g/mol. The second kappa shape index (κ2) is 6.72. The molecule has 0 spiro atoms. The molecule has 1 aromatic carbocycles. The summed E-state index contributed by atoms with van der Waals surface area (Å²) in [4.78, 5) is 22.6. The van der Waals surface area contributed by atoms with E-state index in [0.717, 1.165) is 6.07 Å². The number of benzene rings is 1. The van der Waals surface area contributed by atoms with Gasteiger partial charge in [0.2, 0.25) is 0 Å². The molecule has 0 heterocycles. The number of nitrogens with one attached hydrogen (secondary N) is 1. The first-order valence-corrected chi connectivity index (χ1v) is 5.95. The van der Waals surface area contributed by atoms with Crippen LogP contribution in [0.4, 0.5) is 4.39 Å². The van der Waals surface area contributed by atoms with Crippen LogP contribution in [0.25, 0.3) is 0 Å². The van der Waals surface area contributed by atoms with Gasteiger partial charge in [-0.3, -0.25) is 9.59 Å². The maximum Gasteiger partial charge on any atom is 0.308 e. The third kappa shape index (κ3) is 3.94. The SMILES string of the molecule is CCCC(CNC(=O)c1c(O)cccc1F)C(=O)O. The summed E-state index contributed by atoms with van der Waals surface area (Å²) in [7, 11) is 0. The topological polar surface area (TPSA) is 86.6 Å². The molecule has 0 aliphatic rings. The van der Waals surface area contributed by atoms with Gasteiger partial charge in [-0.15, -0.1) is 0 Å². The van der Waals surface area contributed by atoms with E-state index in [1.165, 1.54) is 12.1 Å². The molecule has 0 aliphatic carbocycles. The van der Waals surface area contributed by atoms with Gasteiger partial charge in [0, 0.05) is 6.54 Å². The van der Waals surface area contributed by atoms with Crippen LogP contribution in [0.1, 0.15) is 30.1 Å². The van der Waals surface area contributed by atoms with Crippen LogP contribution in [0.15, 0.2) is 18.2 Å². The highest BCUT2D eigenvalue weighted by Crippen LogP contribution is 2.19. The molecule has 1 unspecified atom stereocenters. The lowest BCUT2D eigenvalue weighted by Crippen LogP contribution is -2.33. The summed E-state index contributed by atoms with van der Waals surface area (Å²) in [6, 6.07) is 3.52. The van der Waals surface area contributed by atoms with Crippen LogP contribution >= 0.6 is 0 Å². The Morgan fingerprint density at radius 3 is 2.63 bits per heavy atom. The summed E-state index contributed by atoms with van der Waals surface area (Å²) < 4.78 is 13.4. The second-order valence-electron chi connectivity index (χ2n) is 4.17. The number of hydrogen-bond donors (Lipinski definition) is 3. The average Bonchev–Trinajstić information content (AvgIpc) is 2.33. The maximum atomic E-state index is 13.4. The fraction of sp³-hybridized carbons (Fsp3) is 0.385. The smallest absolute Gasteiger partial charge is 0.308 e. The maximum absolute atomic E-state index is 13.4. The summed E-state index contributed by atoms with van der Waals surface area (Å²) in [5.41, 5.74) is -0.469. The minimum Gasteiger partial charge on any atom is -0.507 e. The average molecular weight is 269 g/mol. The van der Waals surface area contributed by atoms with Crippen LogP contribution < -0.4 is 5.32 Å². The van der Waals surface area contributed by atoms with Crippen molar-refractivity contribution in [3.05, 3.63) is 29.6 Å². The van der Waals surface area contributed by atoms with E-state index >= 15 is 0 Å². The molecule has 0 radical (unpaired) electrons. The molecule has 0 saturated carbocycles. The van der Waals surface area contributed by atoms with E-state index in [2.05, 4.69) is 5.32 Å². The zero-order chi connectivity index (χ0) is 14.4. The van der Waals surface area contributed by atoms with E-state index in [9.17, 15) is 19.1 Å². The van der Waals surface area contributed by atoms with Crippen molar-refractivity contribution in [1.82, 2.24) is 5.32 Å². The van der Waals surface area contributed by atoms with Crippen molar-refractivity contribution in [2.24, 2.45) is 5.92 Å². The predicted octanol–water partition coefficient (Wildman–Crippen LogP) is 1.76. The van der Waals surface area contributed by atoms with E-state index < -0.39 is 34.9 Å². The molecular formula is C13H16FNO4. The quantitative estimate of drug-likeness (QED) is 0.734. The lowest BCUT2D eigenvalue weighted by Gasteiger charge is -2.13. The van der Waals surface area contributed by atoms with Gasteiger partial charge in [-0.2, -0.15) is 0 Å². The summed E-state index contributed by atoms with van der Waals surface area (Å²) in [6.07, 6.45) is 1.08. The highest BCUT2D eigenvalue weighted by Gasteiger charge is 2.20. The number of phenolic OH excluding ortho intramolecular Hbond substituents is 1. The van der Waals surface area contributed by atoms with Gasteiger partial charge in [0.05, 0.1) is 5.92 Å². The van der Waals surface area contributed by atoms with E-state index in [1.54, 1.807) is 0 Å². The molecule has 1 aromatic rings. The Hall–Kier alpha value is -2.11. The Labute approximate surface area is 110 Å². The van der Waals surface area contributed by atoms with Crippen molar-refractivity contribution in [2.45, 2.75) is 19.8 Å². The van der Waals surface area contributed by atoms with Crippen LogP contribution in [-0.2, 0) is 4.79 Å². The number of carbonyl (C=O) groups is 2. The number of phenols is 1. The molecule has 3 N–H and O–H groups in total. The van der Waals surface area contributed by atoms with Crippen LogP contribution in [-0.4, -0.2) is 28.6 Å². The molecule has 1 amide bonds. The normalized spacial score (nSPS) is 11.9. The number of carboxylic acids is 1. The molecule has 5 nitrogen and oxygen atoms in total. The van der Waals surface area contributed by atoms with Gasteiger partial charge in [-0.05, 0) is 18.6 Å². The van der Waals surface area contributed by atoms with Crippen LogP contribution in [0.2, 0.25) is 0 Å². The van der Waals surface area contributed by atoms with E-state index in [4.69, 9.17) is 5.11 Å².